The van der Waals surface area contributed by atoms with Crippen LogP contribution in [0.4, 0.5) is 0 Å². The predicted molar refractivity (Wildman–Crippen MR) is 208 cm³/mol. The Morgan fingerprint density at radius 2 is 0.647 bits per heavy atom. The Hall–Kier alpha value is -4.00. The van der Waals surface area contributed by atoms with Gasteiger partial charge in [0.2, 0.25) is 0 Å². The zero-order valence-corrected chi connectivity index (χ0v) is 30.9. The molecule has 0 spiro atoms. The Balaban J connectivity index is 0.00000504. The molecule has 6 rings (SSSR count). The van der Waals surface area contributed by atoms with Gasteiger partial charge >= 0.3 is 0 Å². The Morgan fingerprint density at radius 1 is 0.373 bits per heavy atom. The third-order valence-corrected chi connectivity index (χ3v) is 9.55. The van der Waals surface area contributed by atoms with Gasteiger partial charge in [0.05, 0.1) is 0 Å². The van der Waals surface area contributed by atoms with Gasteiger partial charge in [-0.3, -0.25) is 29.0 Å². The van der Waals surface area contributed by atoms with Crippen LogP contribution in [0.1, 0.15) is 80.0 Å². The lowest BCUT2D eigenvalue weighted by Crippen LogP contribution is -2.41. The van der Waals surface area contributed by atoms with E-state index in [1.165, 1.54) is 9.80 Å². The monoisotopic (exact) mass is 756 g/mol. The molecule has 51 heavy (non-hydrogen) atoms. The Kier molecular flexibility index (Phi) is 14.3. The Labute approximate surface area is 310 Å². The molecule has 0 saturated heterocycles. The average molecular weight is 758 g/mol. The van der Waals surface area contributed by atoms with Gasteiger partial charge in [-0.1, -0.05) is 48.5 Å². The molecule has 0 unspecified atom stereocenters. The van der Waals surface area contributed by atoms with E-state index in [-0.39, 0.29) is 40.6 Å². The van der Waals surface area contributed by atoms with Crippen molar-refractivity contribution in [3.63, 3.8) is 0 Å². The molecule has 10 nitrogen and oxygen atoms in total. The third-order valence-electron chi connectivity index (χ3n) is 9.55. The molecule has 270 valence electrons. The van der Waals surface area contributed by atoms with E-state index in [0.717, 1.165) is 112 Å². The van der Waals surface area contributed by atoms with Crippen molar-refractivity contribution in [3.05, 3.63) is 95.1 Å². The minimum absolute atomic E-state index is 0. The molecule has 2 aliphatic heterocycles. The van der Waals surface area contributed by atoms with Crippen molar-refractivity contribution in [2.45, 2.75) is 38.5 Å². The molecule has 2 heterocycles. The van der Waals surface area contributed by atoms with Crippen molar-refractivity contribution in [1.29, 1.82) is 0 Å². The molecule has 4 amide bonds. The summed E-state index contributed by atoms with van der Waals surface area (Å²) < 4.78 is 0. The van der Waals surface area contributed by atoms with Crippen LogP contribution in [0.5, 0.6) is 0 Å². The van der Waals surface area contributed by atoms with Crippen LogP contribution in [0.2, 0.25) is 0 Å². The van der Waals surface area contributed by atoms with E-state index in [1.54, 1.807) is 0 Å². The second-order valence-corrected chi connectivity index (χ2v) is 13.1. The molecule has 4 N–H and O–H groups in total. The van der Waals surface area contributed by atoms with Crippen LogP contribution in [-0.2, 0) is 0 Å². The molecule has 0 atom stereocenters. The molecule has 4 aromatic carbocycles. The van der Waals surface area contributed by atoms with E-state index < -0.39 is 0 Å². The number of halogens is 1. The van der Waals surface area contributed by atoms with Crippen molar-refractivity contribution in [2.75, 3.05) is 65.4 Å². The summed E-state index contributed by atoms with van der Waals surface area (Å²) in [6.07, 6.45) is 5.75. The molecule has 0 saturated carbocycles. The normalized spacial score (nSPS) is 13.8. The largest absolute Gasteiger partial charge is 0.317 e. The number of unbranched alkanes of at least 4 members (excludes halogenated alkanes) is 1. The highest BCUT2D eigenvalue weighted by Gasteiger charge is 2.33. The van der Waals surface area contributed by atoms with Crippen LogP contribution < -0.4 is 21.3 Å². The highest BCUT2D eigenvalue weighted by Crippen LogP contribution is 2.31. The van der Waals surface area contributed by atoms with E-state index in [2.05, 4.69) is 21.3 Å². The van der Waals surface area contributed by atoms with Crippen molar-refractivity contribution in [1.82, 2.24) is 31.1 Å². The van der Waals surface area contributed by atoms with Gasteiger partial charge in [-0.2, -0.15) is 0 Å². The Morgan fingerprint density at radius 3 is 0.961 bits per heavy atom. The summed E-state index contributed by atoms with van der Waals surface area (Å²) in [5.74, 6) is -0.790. The predicted octanol–water partition coefficient (Wildman–Crippen LogP) is 5.16. The number of carbonyl (C=O) groups excluding carboxylic acids is 4. The van der Waals surface area contributed by atoms with E-state index >= 15 is 0 Å². The number of hydrogen-bond donors (Lipinski definition) is 4. The highest BCUT2D eigenvalue weighted by molar-refractivity contribution is 8.93. The summed E-state index contributed by atoms with van der Waals surface area (Å²) in [5, 5.41) is 17.3. The number of nitrogens with zero attached hydrogens (tertiary/aromatic N) is 2. The number of amides is 4. The summed E-state index contributed by atoms with van der Waals surface area (Å²) in [5.41, 5.74) is 2.45. The first-order valence-electron chi connectivity index (χ1n) is 18.1. The first kappa shape index (κ1) is 38.2. The zero-order valence-electron chi connectivity index (χ0n) is 29.2. The van der Waals surface area contributed by atoms with E-state index in [9.17, 15) is 19.2 Å². The molecule has 0 aliphatic carbocycles. The van der Waals surface area contributed by atoms with Crippen molar-refractivity contribution < 1.29 is 19.2 Å². The first-order chi connectivity index (χ1) is 24.6. The van der Waals surface area contributed by atoms with Gasteiger partial charge in [0, 0.05) is 46.1 Å². The van der Waals surface area contributed by atoms with Gasteiger partial charge in [-0.25, -0.2) is 0 Å². The van der Waals surface area contributed by atoms with Crippen LogP contribution >= 0.6 is 17.0 Å². The highest BCUT2D eigenvalue weighted by atomic mass is 79.9. The van der Waals surface area contributed by atoms with Crippen LogP contribution in [-0.4, -0.2) is 98.9 Å². The maximum absolute atomic E-state index is 13.0. The summed E-state index contributed by atoms with van der Waals surface area (Å²) >= 11 is 0. The number of nitrogens with one attached hydrogen (secondary N) is 4. The first-order valence-corrected chi connectivity index (χ1v) is 18.1. The standard InChI is InChI=1S/C40H48N6O4.BrH/c47-37-31-15-3-11-29-12-4-16-32(35(29)31)38(48)45(37)27-9-25-43-23-7-21-41-19-1-2-20-42-22-8-24-44-26-10-28-46-39(49)33-17-5-13-30-14-6-18-34(36(30)33)40(46)50;/h3-6,11-18,41-44H,1-2,7-10,19-28H2;1H. The van der Waals surface area contributed by atoms with Crippen molar-refractivity contribution in [3.8, 4) is 0 Å². The second-order valence-electron chi connectivity index (χ2n) is 13.1. The fourth-order valence-corrected chi connectivity index (χ4v) is 6.97. The lowest BCUT2D eigenvalue weighted by Gasteiger charge is -2.27. The molecule has 0 fully saturated rings. The Bertz CT molecular complexity index is 1610. The SMILES string of the molecule is Br.O=C1c2cccc3cccc(c23)C(=O)N1CCCNCCCNCCCCNCCCNCCCN1C(=O)c2cccc3cccc(c23)C1=O. The topological polar surface area (TPSA) is 123 Å². The minimum atomic E-state index is -0.197. The van der Waals surface area contributed by atoms with E-state index in [4.69, 9.17) is 0 Å². The number of hydrogen-bond acceptors (Lipinski definition) is 8. The fourth-order valence-electron chi connectivity index (χ4n) is 6.97. The molecular formula is C40H49BrN6O4. The lowest BCUT2D eigenvalue weighted by atomic mass is 9.94. The molecule has 0 radical (unpaired) electrons. The van der Waals surface area contributed by atoms with Crippen LogP contribution in [0.15, 0.2) is 72.8 Å². The van der Waals surface area contributed by atoms with Crippen LogP contribution in [0.25, 0.3) is 21.5 Å². The van der Waals surface area contributed by atoms with Gasteiger partial charge in [-0.05, 0) is 126 Å². The molecular weight excluding hydrogens is 708 g/mol. The molecule has 11 heteroatoms. The summed E-state index contributed by atoms with van der Waals surface area (Å²) in [4.78, 5) is 54.7. The van der Waals surface area contributed by atoms with Gasteiger partial charge in [0.1, 0.15) is 0 Å². The van der Waals surface area contributed by atoms with E-state index in [1.807, 2.05) is 72.8 Å². The molecule has 0 aromatic heterocycles. The smallest absolute Gasteiger partial charge is 0.261 e. The van der Waals surface area contributed by atoms with Gasteiger partial charge in [0.15, 0.2) is 0 Å². The second kappa shape index (κ2) is 19.0. The lowest BCUT2D eigenvalue weighted by molar-refractivity contribution is 0.0593. The zero-order chi connectivity index (χ0) is 34.7. The van der Waals surface area contributed by atoms with E-state index in [0.29, 0.717) is 35.3 Å². The fraction of sp³-hybridized carbons (Fsp3) is 0.400. The summed E-state index contributed by atoms with van der Waals surface area (Å²) in [7, 11) is 0. The number of carbonyl (C=O) groups is 4. The number of imide groups is 2. The van der Waals surface area contributed by atoms with Gasteiger partial charge < -0.3 is 21.3 Å². The maximum atomic E-state index is 13.0. The van der Waals surface area contributed by atoms with Gasteiger partial charge in [-0.15, -0.1) is 17.0 Å². The third kappa shape index (κ3) is 9.09. The quantitative estimate of drug-likeness (QED) is 0.0680. The maximum Gasteiger partial charge on any atom is 0.261 e. The average Bonchev–Trinajstić information content (AvgIpc) is 3.14. The van der Waals surface area contributed by atoms with Crippen molar-refractivity contribution in [2.24, 2.45) is 0 Å². The molecule has 4 aromatic rings. The molecule has 2 aliphatic rings. The van der Waals surface area contributed by atoms with Gasteiger partial charge in [0.25, 0.3) is 23.6 Å². The van der Waals surface area contributed by atoms with Crippen molar-refractivity contribution >= 4 is 62.2 Å². The summed E-state index contributed by atoms with van der Waals surface area (Å²) in [6, 6.07) is 22.5. The number of rotatable bonds is 21. The minimum Gasteiger partial charge on any atom is -0.317 e. The molecule has 0 bridgehead atoms. The number of benzene rings is 4. The van der Waals surface area contributed by atoms with Crippen LogP contribution in [0.3, 0.4) is 0 Å². The van der Waals surface area contributed by atoms with Crippen LogP contribution in [0, 0.1) is 0 Å². The summed E-state index contributed by atoms with van der Waals surface area (Å²) in [6.45, 7) is 8.06.